The van der Waals surface area contributed by atoms with Crippen LogP contribution in [0.5, 0.6) is 0 Å². The van der Waals surface area contributed by atoms with Crippen LogP contribution in [0, 0.1) is 0 Å². The van der Waals surface area contributed by atoms with E-state index in [0.717, 1.165) is 10.0 Å². The van der Waals surface area contributed by atoms with Crippen molar-refractivity contribution >= 4 is 27.5 Å². The van der Waals surface area contributed by atoms with E-state index in [4.69, 9.17) is 11.6 Å². The van der Waals surface area contributed by atoms with E-state index in [-0.39, 0.29) is 5.56 Å². The van der Waals surface area contributed by atoms with Gasteiger partial charge < -0.3 is 4.57 Å². The first-order chi connectivity index (χ1) is 7.65. The van der Waals surface area contributed by atoms with Crippen LogP contribution >= 0.6 is 27.5 Å². The van der Waals surface area contributed by atoms with Crippen LogP contribution in [0.3, 0.4) is 0 Å². The number of aromatic nitrogens is 1. The van der Waals surface area contributed by atoms with E-state index in [9.17, 15) is 4.79 Å². The number of nitrogens with zero attached hydrogens (tertiary/aromatic N) is 1. The van der Waals surface area contributed by atoms with Crippen molar-refractivity contribution in [1.29, 1.82) is 0 Å². The maximum atomic E-state index is 11.6. The molecule has 0 bridgehead atoms. The lowest BCUT2D eigenvalue weighted by molar-refractivity contribution is 0.758. The monoisotopic (exact) mass is 297 g/mol. The first kappa shape index (κ1) is 11.4. The highest BCUT2D eigenvalue weighted by atomic mass is 79.9. The molecule has 0 spiro atoms. The van der Waals surface area contributed by atoms with Crippen LogP contribution in [0.4, 0.5) is 0 Å². The molecule has 0 fully saturated rings. The molecule has 0 atom stereocenters. The van der Waals surface area contributed by atoms with Crippen LogP contribution in [-0.2, 0) is 6.54 Å². The van der Waals surface area contributed by atoms with E-state index in [1.807, 2.05) is 30.3 Å². The van der Waals surface area contributed by atoms with E-state index in [2.05, 4.69) is 15.9 Å². The molecule has 2 rings (SSSR count). The molecule has 0 saturated heterocycles. The van der Waals surface area contributed by atoms with Gasteiger partial charge in [-0.15, -0.1) is 0 Å². The summed E-state index contributed by atoms with van der Waals surface area (Å²) >= 11 is 9.14. The highest BCUT2D eigenvalue weighted by Crippen LogP contribution is 2.11. The van der Waals surface area contributed by atoms with Gasteiger partial charge in [0.05, 0.1) is 6.54 Å². The summed E-state index contributed by atoms with van der Waals surface area (Å²) in [5.41, 5.74) is 0.978. The lowest BCUT2D eigenvalue weighted by Crippen LogP contribution is -2.18. The van der Waals surface area contributed by atoms with Crippen LogP contribution in [0.2, 0.25) is 5.02 Å². The normalized spacial score (nSPS) is 10.4. The van der Waals surface area contributed by atoms with Crippen molar-refractivity contribution in [3.8, 4) is 0 Å². The third-order valence-electron chi connectivity index (χ3n) is 2.20. The van der Waals surface area contributed by atoms with Gasteiger partial charge in [0.15, 0.2) is 0 Å². The van der Waals surface area contributed by atoms with Gasteiger partial charge in [0.1, 0.15) is 0 Å². The van der Waals surface area contributed by atoms with Crippen LogP contribution in [0.1, 0.15) is 5.56 Å². The number of pyridine rings is 1. The summed E-state index contributed by atoms with van der Waals surface area (Å²) in [5.74, 6) is 0. The van der Waals surface area contributed by atoms with Gasteiger partial charge in [0.25, 0.3) is 5.56 Å². The van der Waals surface area contributed by atoms with Crippen molar-refractivity contribution in [2.45, 2.75) is 6.54 Å². The smallest absolute Gasteiger partial charge is 0.251 e. The fraction of sp³-hybridized carbons (Fsp3) is 0.0833. The zero-order valence-electron chi connectivity index (χ0n) is 8.36. The highest BCUT2D eigenvalue weighted by molar-refractivity contribution is 9.10. The van der Waals surface area contributed by atoms with Gasteiger partial charge >= 0.3 is 0 Å². The second-order valence-electron chi connectivity index (χ2n) is 3.44. The fourth-order valence-corrected chi connectivity index (χ4v) is 1.97. The maximum absolute atomic E-state index is 11.6. The minimum Gasteiger partial charge on any atom is -0.311 e. The van der Waals surface area contributed by atoms with Gasteiger partial charge in [-0.25, -0.2) is 0 Å². The van der Waals surface area contributed by atoms with Crippen LogP contribution in [0.15, 0.2) is 51.9 Å². The Balaban J connectivity index is 2.31. The summed E-state index contributed by atoms with van der Waals surface area (Å²) in [4.78, 5) is 11.6. The highest BCUT2D eigenvalue weighted by Gasteiger charge is 1.99. The Bertz CT molecular complexity index is 565. The summed E-state index contributed by atoms with van der Waals surface area (Å²) in [6.45, 7) is 0.534. The Labute approximate surface area is 107 Å². The summed E-state index contributed by atoms with van der Waals surface area (Å²) in [5, 5.41) is 0.683. The van der Waals surface area contributed by atoms with Crippen molar-refractivity contribution in [2.75, 3.05) is 0 Å². The predicted octanol–water partition coefficient (Wildman–Crippen LogP) is 3.31. The average molecular weight is 299 g/mol. The molecular formula is C12H9BrClNO. The zero-order chi connectivity index (χ0) is 11.5. The molecule has 0 N–H and O–H groups in total. The molecule has 1 aromatic heterocycles. The van der Waals surface area contributed by atoms with Gasteiger partial charge in [0.2, 0.25) is 0 Å². The molecule has 0 aliphatic heterocycles. The Hall–Kier alpha value is -1.06. The van der Waals surface area contributed by atoms with E-state index >= 15 is 0 Å². The van der Waals surface area contributed by atoms with Crippen LogP contribution in [-0.4, -0.2) is 4.57 Å². The molecule has 0 aliphatic rings. The number of halogens is 2. The molecule has 0 saturated carbocycles. The average Bonchev–Trinajstić information content (AvgIpc) is 2.22. The van der Waals surface area contributed by atoms with Crippen LogP contribution < -0.4 is 5.56 Å². The molecule has 16 heavy (non-hydrogen) atoms. The zero-order valence-corrected chi connectivity index (χ0v) is 10.7. The lowest BCUT2D eigenvalue weighted by atomic mass is 10.2. The predicted molar refractivity (Wildman–Crippen MR) is 69.0 cm³/mol. The molecule has 2 aromatic rings. The molecule has 0 aliphatic carbocycles. The fourth-order valence-electron chi connectivity index (χ4n) is 1.45. The molecule has 1 aromatic carbocycles. The first-order valence-electron chi connectivity index (χ1n) is 4.75. The third-order valence-corrected chi connectivity index (χ3v) is 2.93. The van der Waals surface area contributed by atoms with Crippen molar-refractivity contribution in [1.82, 2.24) is 4.57 Å². The van der Waals surface area contributed by atoms with Crippen molar-refractivity contribution in [3.63, 3.8) is 0 Å². The van der Waals surface area contributed by atoms with Crippen molar-refractivity contribution in [3.05, 3.63) is 68.0 Å². The van der Waals surface area contributed by atoms with Gasteiger partial charge in [-0.05, 0) is 23.8 Å². The van der Waals surface area contributed by atoms with Crippen LogP contribution in [0.25, 0.3) is 0 Å². The summed E-state index contributed by atoms with van der Waals surface area (Å²) in [7, 11) is 0. The number of hydrogen-bond donors (Lipinski definition) is 0. The Morgan fingerprint density at radius 3 is 2.75 bits per heavy atom. The van der Waals surface area contributed by atoms with E-state index in [1.54, 1.807) is 16.8 Å². The molecule has 0 amide bonds. The maximum Gasteiger partial charge on any atom is 0.251 e. The second-order valence-corrected chi connectivity index (χ2v) is 4.79. The third kappa shape index (κ3) is 2.74. The molecule has 1 heterocycles. The number of benzene rings is 1. The topological polar surface area (TPSA) is 22.0 Å². The van der Waals surface area contributed by atoms with E-state index in [0.29, 0.717) is 11.6 Å². The van der Waals surface area contributed by atoms with Gasteiger partial charge in [-0.2, -0.15) is 0 Å². The number of rotatable bonds is 2. The van der Waals surface area contributed by atoms with E-state index in [1.165, 1.54) is 0 Å². The van der Waals surface area contributed by atoms with Gasteiger partial charge in [-0.1, -0.05) is 39.7 Å². The minimum absolute atomic E-state index is 0.0330. The van der Waals surface area contributed by atoms with Gasteiger partial charge in [0, 0.05) is 21.8 Å². The second kappa shape index (κ2) is 4.85. The van der Waals surface area contributed by atoms with E-state index < -0.39 is 0 Å². The molecule has 0 radical (unpaired) electrons. The summed E-state index contributed by atoms with van der Waals surface area (Å²) < 4.78 is 2.43. The van der Waals surface area contributed by atoms with Crippen molar-refractivity contribution in [2.24, 2.45) is 0 Å². The first-order valence-corrected chi connectivity index (χ1v) is 5.93. The minimum atomic E-state index is -0.0330. The summed E-state index contributed by atoms with van der Waals surface area (Å²) in [6.07, 6.45) is 1.76. The van der Waals surface area contributed by atoms with Crippen molar-refractivity contribution < 1.29 is 0 Å². The lowest BCUT2D eigenvalue weighted by Gasteiger charge is -2.05. The van der Waals surface area contributed by atoms with Gasteiger partial charge in [-0.3, -0.25) is 4.79 Å². The molecule has 2 nitrogen and oxygen atoms in total. The summed E-state index contributed by atoms with van der Waals surface area (Å²) in [6, 6.07) is 10.9. The SMILES string of the molecule is O=c1cc(Br)ccn1Cc1cccc(Cl)c1. The molecule has 0 unspecified atom stereocenters. The quantitative estimate of drug-likeness (QED) is 0.834. The Morgan fingerprint density at radius 2 is 2.06 bits per heavy atom. The Kier molecular flexibility index (Phi) is 3.46. The standard InChI is InChI=1S/C12H9BrClNO/c13-10-4-5-15(12(16)7-10)8-9-2-1-3-11(14)6-9/h1-7H,8H2. The molecular weight excluding hydrogens is 289 g/mol. The molecule has 4 heteroatoms. The largest absolute Gasteiger partial charge is 0.311 e. The Morgan fingerprint density at radius 1 is 1.25 bits per heavy atom. The molecule has 82 valence electrons. The number of hydrogen-bond acceptors (Lipinski definition) is 1.